The molecule has 0 unspecified atom stereocenters. The molecule has 1 aromatic heterocycles. The van der Waals surface area contributed by atoms with Gasteiger partial charge in [-0.3, -0.25) is 0 Å². The van der Waals surface area contributed by atoms with Gasteiger partial charge in [0.15, 0.2) is 5.82 Å². The Kier molecular flexibility index (Phi) is 3.83. The first-order chi connectivity index (χ1) is 8.33. The first-order valence-electron chi connectivity index (χ1n) is 5.84. The maximum atomic E-state index is 8.92. The number of hydrogen-bond acceptors (Lipinski definition) is 3. The van der Waals surface area contributed by atoms with Crippen molar-refractivity contribution in [3.05, 3.63) is 47.8 Å². The summed E-state index contributed by atoms with van der Waals surface area (Å²) in [6, 6.07) is 7.98. The summed E-state index contributed by atoms with van der Waals surface area (Å²) in [6.07, 6.45) is 5.34. The van der Waals surface area contributed by atoms with Crippen molar-refractivity contribution >= 4 is 0 Å². The molecule has 1 heterocycles. The fourth-order valence-electron chi connectivity index (χ4n) is 1.68. The molecule has 0 fully saturated rings. The first kappa shape index (κ1) is 11.7. The Morgan fingerprint density at radius 2 is 1.88 bits per heavy atom. The molecule has 0 aliphatic heterocycles. The minimum absolute atomic E-state index is 0.166. The van der Waals surface area contributed by atoms with Crippen LogP contribution >= 0.6 is 0 Å². The number of aromatic nitrogens is 2. The van der Waals surface area contributed by atoms with Gasteiger partial charge in [-0.25, -0.2) is 9.97 Å². The zero-order chi connectivity index (χ0) is 12.1. The summed E-state index contributed by atoms with van der Waals surface area (Å²) >= 11 is 0. The van der Waals surface area contributed by atoms with Gasteiger partial charge in [-0.1, -0.05) is 25.1 Å². The monoisotopic (exact) mass is 228 g/mol. The maximum absolute atomic E-state index is 8.92. The lowest BCUT2D eigenvalue weighted by Gasteiger charge is -2.03. The molecule has 0 amide bonds. The molecule has 0 spiro atoms. The highest BCUT2D eigenvalue weighted by molar-refractivity contribution is 5.55. The summed E-state index contributed by atoms with van der Waals surface area (Å²) < 4.78 is 0. The number of nitrogens with zero attached hydrogens (tertiary/aromatic N) is 2. The molecule has 0 atom stereocenters. The molecule has 0 bridgehead atoms. The van der Waals surface area contributed by atoms with Gasteiger partial charge in [0.05, 0.1) is 0 Å². The topological polar surface area (TPSA) is 46.0 Å². The SMILES string of the molecule is CCc1cnc(-c2cccc(CCO)c2)nc1. The van der Waals surface area contributed by atoms with E-state index in [1.807, 2.05) is 36.7 Å². The van der Waals surface area contributed by atoms with Crippen LogP contribution in [0.5, 0.6) is 0 Å². The van der Waals surface area contributed by atoms with Gasteiger partial charge in [0.25, 0.3) is 0 Å². The smallest absolute Gasteiger partial charge is 0.159 e. The lowest BCUT2D eigenvalue weighted by Crippen LogP contribution is -1.94. The van der Waals surface area contributed by atoms with Gasteiger partial charge in [0, 0.05) is 24.6 Å². The first-order valence-corrected chi connectivity index (χ1v) is 5.84. The number of aryl methyl sites for hydroxylation is 1. The molecule has 0 aliphatic carbocycles. The predicted octanol–water partition coefficient (Wildman–Crippen LogP) is 2.24. The maximum Gasteiger partial charge on any atom is 0.159 e. The fourth-order valence-corrected chi connectivity index (χ4v) is 1.68. The van der Waals surface area contributed by atoms with E-state index in [0.29, 0.717) is 6.42 Å². The summed E-state index contributed by atoms with van der Waals surface area (Å²) in [4.78, 5) is 8.69. The standard InChI is InChI=1S/C14H16N2O/c1-2-11-9-15-14(16-10-11)13-5-3-4-12(8-13)6-7-17/h3-5,8-10,17H,2,6-7H2,1H3. The molecule has 17 heavy (non-hydrogen) atoms. The van der Waals surface area contributed by atoms with Crippen LogP contribution in [-0.2, 0) is 12.8 Å². The van der Waals surface area contributed by atoms with Crippen molar-refractivity contribution in [3.8, 4) is 11.4 Å². The van der Waals surface area contributed by atoms with E-state index in [4.69, 9.17) is 5.11 Å². The van der Waals surface area contributed by atoms with Crippen molar-refractivity contribution < 1.29 is 5.11 Å². The second-order valence-electron chi connectivity index (χ2n) is 3.94. The molecule has 1 aromatic carbocycles. The van der Waals surface area contributed by atoms with Crippen molar-refractivity contribution in [1.82, 2.24) is 9.97 Å². The average Bonchev–Trinajstić information content (AvgIpc) is 2.40. The molecule has 88 valence electrons. The van der Waals surface area contributed by atoms with E-state index in [9.17, 15) is 0 Å². The molecule has 2 rings (SSSR count). The van der Waals surface area contributed by atoms with E-state index in [0.717, 1.165) is 28.9 Å². The minimum atomic E-state index is 0.166. The number of rotatable bonds is 4. The molecule has 3 heteroatoms. The largest absolute Gasteiger partial charge is 0.396 e. The normalized spacial score (nSPS) is 10.5. The van der Waals surface area contributed by atoms with Gasteiger partial charge in [-0.05, 0) is 30.0 Å². The number of aliphatic hydroxyl groups is 1. The molecule has 2 aromatic rings. The molecule has 1 N–H and O–H groups in total. The minimum Gasteiger partial charge on any atom is -0.396 e. The Balaban J connectivity index is 2.28. The summed E-state index contributed by atoms with van der Waals surface area (Å²) in [6.45, 7) is 2.25. The van der Waals surface area contributed by atoms with Crippen molar-refractivity contribution in [3.63, 3.8) is 0 Å². The Labute approximate surface area is 101 Å². The number of benzene rings is 1. The Hall–Kier alpha value is -1.74. The highest BCUT2D eigenvalue weighted by atomic mass is 16.2. The lowest BCUT2D eigenvalue weighted by atomic mass is 10.1. The van der Waals surface area contributed by atoms with Crippen molar-refractivity contribution in [2.45, 2.75) is 19.8 Å². The van der Waals surface area contributed by atoms with Gasteiger partial charge in [0.1, 0.15) is 0 Å². The lowest BCUT2D eigenvalue weighted by molar-refractivity contribution is 0.299. The average molecular weight is 228 g/mol. The highest BCUT2D eigenvalue weighted by Gasteiger charge is 2.02. The number of aliphatic hydroxyl groups excluding tert-OH is 1. The fraction of sp³-hybridized carbons (Fsp3) is 0.286. The van der Waals surface area contributed by atoms with Gasteiger partial charge in [-0.2, -0.15) is 0 Å². The van der Waals surface area contributed by atoms with Crippen LogP contribution < -0.4 is 0 Å². The van der Waals surface area contributed by atoms with Crippen LogP contribution in [0.4, 0.5) is 0 Å². The molecule has 0 radical (unpaired) electrons. The van der Waals surface area contributed by atoms with E-state index in [1.165, 1.54) is 0 Å². The Morgan fingerprint density at radius 1 is 1.12 bits per heavy atom. The van der Waals surface area contributed by atoms with Crippen molar-refractivity contribution in [1.29, 1.82) is 0 Å². The second kappa shape index (κ2) is 5.55. The highest BCUT2D eigenvalue weighted by Crippen LogP contribution is 2.16. The van der Waals surface area contributed by atoms with E-state index in [2.05, 4.69) is 16.9 Å². The van der Waals surface area contributed by atoms with E-state index >= 15 is 0 Å². The number of hydrogen-bond donors (Lipinski definition) is 1. The molecule has 0 saturated carbocycles. The van der Waals surface area contributed by atoms with Gasteiger partial charge < -0.3 is 5.11 Å². The third-order valence-electron chi connectivity index (χ3n) is 2.70. The zero-order valence-electron chi connectivity index (χ0n) is 9.93. The summed E-state index contributed by atoms with van der Waals surface area (Å²) in [5.41, 5.74) is 3.24. The van der Waals surface area contributed by atoms with Crippen LogP contribution in [0, 0.1) is 0 Å². The molecule has 0 saturated heterocycles. The summed E-state index contributed by atoms with van der Waals surface area (Å²) in [7, 11) is 0. The third-order valence-corrected chi connectivity index (χ3v) is 2.70. The van der Waals surface area contributed by atoms with Crippen LogP contribution in [0.2, 0.25) is 0 Å². The van der Waals surface area contributed by atoms with Gasteiger partial charge in [0.2, 0.25) is 0 Å². The zero-order valence-corrected chi connectivity index (χ0v) is 9.93. The Bertz CT molecular complexity index is 480. The quantitative estimate of drug-likeness (QED) is 0.873. The molecule has 3 nitrogen and oxygen atoms in total. The molecular formula is C14H16N2O. The van der Waals surface area contributed by atoms with E-state index in [1.54, 1.807) is 0 Å². The Morgan fingerprint density at radius 3 is 2.53 bits per heavy atom. The van der Waals surface area contributed by atoms with Gasteiger partial charge >= 0.3 is 0 Å². The third kappa shape index (κ3) is 2.88. The van der Waals surface area contributed by atoms with E-state index < -0.39 is 0 Å². The van der Waals surface area contributed by atoms with E-state index in [-0.39, 0.29) is 6.61 Å². The molecule has 0 aliphatic rings. The molecular weight excluding hydrogens is 212 g/mol. The van der Waals surface area contributed by atoms with Crippen molar-refractivity contribution in [2.24, 2.45) is 0 Å². The van der Waals surface area contributed by atoms with Crippen LogP contribution in [-0.4, -0.2) is 21.7 Å². The van der Waals surface area contributed by atoms with Crippen LogP contribution in [0.15, 0.2) is 36.7 Å². The van der Waals surface area contributed by atoms with Crippen LogP contribution in [0.3, 0.4) is 0 Å². The van der Waals surface area contributed by atoms with Crippen molar-refractivity contribution in [2.75, 3.05) is 6.61 Å². The second-order valence-corrected chi connectivity index (χ2v) is 3.94. The van der Waals surface area contributed by atoms with Gasteiger partial charge in [-0.15, -0.1) is 0 Å². The van der Waals surface area contributed by atoms with Crippen LogP contribution in [0.1, 0.15) is 18.1 Å². The summed E-state index contributed by atoms with van der Waals surface area (Å²) in [5, 5.41) is 8.92. The summed E-state index contributed by atoms with van der Waals surface area (Å²) in [5.74, 6) is 0.738. The predicted molar refractivity (Wildman–Crippen MR) is 67.6 cm³/mol. The van der Waals surface area contributed by atoms with Crippen LogP contribution in [0.25, 0.3) is 11.4 Å².